The fourth-order valence-electron chi connectivity index (χ4n) is 3.26. The molecule has 0 spiro atoms. The monoisotopic (exact) mass is 513 g/mol. The average Bonchev–Trinajstić information content (AvgIpc) is 2.80. The first-order chi connectivity index (χ1) is 17.0. The summed E-state index contributed by atoms with van der Waals surface area (Å²) >= 11 is 0. The van der Waals surface area contributed by atoms with Crippen molar-refractivity contribution in [1.82, 2.24) is 26.6 Å². The lowest BCUT2D eigenvalue weighted by Gasteiger charge is -2.23. The number of unbranched alkanes of at least 4 members (excludes halogenated alkanes) is 1. The molecule has 16 nitrogen and oxygen atoms in total. The molecular formula is C20H35N9O7. The molecule has 0 saturated carbocycles. The number of nitrogens with two attached hydrogens (primary N) is 3. The standard InChI is InChI=1S/C20H35N9O7/c21-6-2-1-4-12-19(36)29-11(5-3-7-24-20(22)23)17(34)25-10-15(31)28-13(8-16(32)33)18(35)26-9-14(30)27-12/h11-13H,1-10,21H2,(H,25,34)(H,26,35)(H,27,30)(H,28,31)(H,29,36)(H,32,33)(H4,22,23,24)/t11-,12-,13-/m0/s1. The van der Waals surface area contributed by atoms with Crippen LogP contribution in [0.2, 0.25) is 0 Å². The SMILES string of the molecule is NCCCC[C@@H]1NC(=O)CNC(=O)[C@H](CC(=O)O)NC(=O)CNC(=O)[C@H](CCCN=C(N)N)NC1=O. The van der Waals surface area contributed by atoms with E-state index in [2.05, 4.69) is 31.6 Å². The fourth-order valence-corrected chi connectivity index (χ4v) is 3.26. The van der Waals surface area contributed by atoms with Gasteiger partial charge < -0.3 is 48.9 Å². The van der Waals surface area contributed by atoms with Crippen molar-refractivity contribution in [2.75, 3.05) is 26.2 Å². The maximum absolute atomic E-state index is 13.0. The normalized spacial score (nSPS) is 22.0. The number of nitrogens with one attached hydrogen (secondary N) is 5. The number of aliphatic imine (C=N–C) groups is 1. The van der Waals surface area contributed by atoms with E-state index in [1.165, 1.54) is 0 Å². The van der Waals surface area contributed by atoms with Crippen LogP contribution in [0.5, 0.6) is 0 Å². The molecule has 202 valence electrons. The molecule has 16 heteroatoms. The van der Waals surface area contributed by atoms with Gasteiger partial charge in [-0.2, -0.15) is 0 Å². The number of carbonyl (C=O) groups is 6. The summed E-state index contributed by atoms with van der Waals surface area (Å²) in [6.07, 6.45) is 0.979. The summed E-state index contributed by atoms with van der Waals surface area (Å²) in [4.78, 5) is 77.7. The maximum Gasteiger partial charge on any atom is 0.305 e. The number of carboxylic acids is 1. The first kappa shape index (κ1) is 30.1. The van der Waals surface area contributed by atoms with Gasteiger partial charge in [0, 0.05) is 6.54 Å². The van der Waals surface area contributed by atoms with Crippen LogP contribution in [0.1, 0.15) is 38.5 Å². The van der Waals surface area contributed by atoms with Crippen LogP contribution in [0.25, 0.3) is 0 Å². The molecular weight excluding hydrogens is 478 g/mol. The highest BCUT2D eigenvalue weighted by Gasteiger charge is 2.29. The number of guanidine groups is 1. The van der Waals surface area contributed by atoms with Gasteiger partial charge >= 0.3 is 5.97 Å². The van der Waals surface area contributed by atoms with E-state index in [0.717, 1.165) is 0 Å². The molecule has 0 unspecified atom stereocenters. The molecule has 0 aromatic rings. The van der Waals surface area contributed by atoms with Gasteiger partial charge in [0.1, 0.15) is 18.1 Å². The van der Waals surface area contributed by atoms with E-state index < -0.39 is 73.1 Å². The fraction of sp³-hybridized carbons (Fsp3) is 0.650. The van der Waals surface area contributed by atoms with Crippen molar-refractivity contribution in [3.63, 3.8) is 0 Å². The Bertz CT molecular complexity index is 845. The average molecular weight is 514 g/mol. The number of carboxylic acid groups (broad SMARTS) is 1. The summed E-state index contributed by atoms with van der Waals surface area (Å²) in [5.41, 5.74) is 16.1. The predicted octanol–water partition coefficient (Wildman–Crippen LogP) is -4.66. The third kappa shape index (κ3) is 12.0. The molecule has 0 aliphatic carbocycles. The lowest BCUT2D eigenvalue weighted by molar-refractivity contribution is -0.140. The Morgan fingerprint density at radius 3 is 1.89 bits per heavy atom. The number of amides is 5. The number of aliphatic carboxylic acids is 1. The van der Waals surface area contributed by atoms with Gasteiger partial charge in [-0.25, -0.2) is 0 Å². The lowest BCUT2D eigenvalue weighted by atomic mass is 10.1. The Labute approximate surface area is 207 Å². The topological polar surface area (TPSA) is 273 Å². The van der Waals surface area contributed by atoms with Crippen molar-refractivity contribution < 1.29 is 33.9 Å². The molecule has 5 amide bonds. The first-order valence-electron chi connectivity index (χ1n) is 11.4. The van der Waals surface area contributed by atoms with Crippen LogP contribution in [0.4, 0.5) is 0 Å². The van der Waals surface area contributed by atoms with Crippen LogP contribution in [0.3, 0.4) is 0 Å². The third-order valence-electron chi connectivity index (χ3n) is 5.05. The van der Waals surface area contributed by atoms with Gasteiger partial charge in [-0.3, -0.25) is 33.8 Å². The highest BCUT2D eigenvalue weighted by atomic mass is 16.4. The Morgan fingerprint density at radius 2 is 1.33 bits per heavy atom. The number of hydrogen-bond donors (Lipinski definition) is 9. The molecule has 0 radical (unpaired) electrons. The zero-order chi connectivity index (χ0) is 27.1. The Morgan fingerprint density at radius 1 is 0.806 bits per heavy atom. The van der Waals surface area contributed by atoms with Crippen molar-refractivity contribution >= 4 is 41.5 Å². The van der Waals surface area contributed by atoms with Crippen LogP contribution in [-0.2, 0) is 28.8 Å². The molecule has 1 heterocycles. The molecule has 0 bridgehead atoms. The highest BCUT2D eigenvalue weighted by molar-refractivity contribution is 5.96. The summed E-state index contributed by atoms with van der Waals surface area (Å²) < 4.78 is 0. The maximum atomic E-state index is 13.0. The molecule has 1 fully saturated rings. The molecule has 1 saturated heterocycles. The summed E-state index contributed by atoms with van der Waals surface area (Å²) in [5.74, 6) is -5.32. The van der Waals surface area contributed by atoms with E-state index >= 15 is 0 Å². The van der Waals surface area contributed by atoms with Crippen molar-refractivity contribution in [1.29, 1.82) is 0 Å². The number of rotatable bonds is 10. The highest BCUT2D eigenvalue weighted by Crippen LogP contribution is 2.05. The molecule has 36 heavy (non-hydrogen) atoms. The third-order valence-corrected chi connectivity index (χ3v) is 5.05. The largest absolute Gasteiger partial charge is 0.481 e. The van der Waals surface area contributed by atoms with Gasteiger partial charge in [0.25, 0.3) is 0 Å². The first-order valence-corrected chi connectivity index (χ1v) is 11.4. The second kappa shape index (κ2) is 15.9. The zero-order valence-corrected chi connectivity index (χ0v) is 19.9. The molecule has 3 atom stereocenters. The summed E-state index contributed by atoms with van der Waals surface area (Å²) in [7, 11) is 0. The zero-order valence-electron chi connectivity index (χ0n) is 19.9. The van der Waals surface area contributed by atoms with E-state index in [1.807, 2.05) is 0 Å². The van der Waals surface area contributed by atoms with Gasteiger partial charge in [0.15, 0.2) is 5.96 Å². The van der Waals surface area contributed by atoms with Crippen LogP contribution in [-0.4, -0.2) is 90.9 Å². The summed E-state index contributed by atoms with van der Waals surface area (Å²) in [6, 6.07) is -3.61. The lowest BCUT2D eigenvalue weighted by Crippen LogP contribution is -2.55. The van der Waals surface area contributed by atoms with Gasteiger partial charge in [-0.1, -0.05) is 0 Å². The summed E-state index contributed by atoms with van der Waals surface area (Å²) in [6.45, 7) is -0.589. The van der Waals surface area contributed by atoms with Crippen molar-refractivity contribution in [3.05, 3.63) is 0 Å². The van der Waals surface area contributed by atoms with E-state index in [9.17, 15) is 28.8 Å². The van der Waals surface area contributed by atoms with Gasteiger partial charge in [-0.05, 0) is 38.6 Å². The quantitative estimate of drug-likeness (QED) is 0.0765. The predicted molar refractivity (Wildman–Crippen MR) is 127 cm³/mol. The summed E-state index contributed by atoms with van der Waals surface area (Å²) in [5, 5.41) is 20.9. The molecule has 12 N–H and O–H groups in total. The van der Waals surface area contributed by atoms with E-state index in [0.29, 0.717) is 25.8 Å². The van der Waals surface area contributed by atoms with E-state index in [4.69, 9.17) is 22.3 Å². The van der Waals surface area contributed by atoms with Gasteiger partial charge in [0.2, 0.25) is 29.5 Å². The Balaban J connectivity index is 3.13. The smallest absolute Gasteiger partial charge is 0.305 e. The number of nitrogens with zero attached hydrogens (tertiary/aromatic N) is 1. The number of hydrogen-bond acceptors (Lipinski definition) is 8. The van der Waals surface area contributed by atoms with Gasteiger partial charge in [-0.15, -0.1) is 0 Å². The number of carbonyl (C=O) groups excluding carboxylic acids is 5. The van der Waals surface area contributed by atoms with Crippen LogP contribution in [0, 0.1) is 0 Å². The molecule has 1 aliphatic heterocycles. The molecule has 1 aliphatic rings. The Hall–Kier alpha value is -3.95. The van der Waals surface area contributed by atoms with Crippen molar-refractivity contribution in [2.24, 2.45) is 22.2 Å². The second-order valence-electron chi connectivity index (χ2n) is 8.07. The van der Waals surface area contributed by atoms with E-state index in [-0.39, 0.29) is 25.3 Å². The second-order valence-corrected chi connectivity index (χ2v) is 8.07. The minimum absolute atomic E-state index is 0.112. The minimum Gasteiger partial charge on any atom is -0.481 e. The van der Waals surface area contributed by atoms with Crippen molar-refractivity contribution in [3.8, 4) is 0 Å². The van der Waals surface area contributed by atoms with Crippen LogP contribution >= 0.6 is 0 Å². The van der Waals surface area contributed by atoms with Crippen LogP contribution in [0.15, 0.2) is 4.99 Å². The Kier molecular flexibility index (Phi) is 13.2. The molecule has 1 rings (SSSR count). The van der Waals surface area contributed by atoms with E-state index in [1.54, 1.807) is 0 Å². The molecule has 0 aromatic carbocycles. The van der Waals surface area contributed by atoms with Crippen LogP contribution < -0.4 is 43.8 Å². The van der Waals surface area contributed by atoms with Crippen molar-refractivity contribution in [2.45, 2.75) is 56.7 Å². The molecule has 0 aromatic heterocycles. The minimum atomic E-state index is -1.49. The van der Waals surface area contributed by atoms with Gasteiger partial charge in [0.05, 0.1) is 19.5 Å².